The van der Waals surface area contributed by atoms with E-state index in [1.807, 2.05) is 30.3 Å². The van der Waals surface area contributed by atoms with Gasteiger partial charge >= 0.3 is 0 Å². The second-order valence-corrected chi connectivity index (χ2v) is 6.97. The van der Waals surface area contributed by atoms with Crippen molar-refractivity contribution in [2.24, 2.45) is 0 Å². The summed E-state index contributed by atoms with van der Waals surface area (Å²) in [5.41, 5.74) is 3.21. The highest BCUT2D eigenvalue weighted by Crippen LogP contribution is 2.37. The molecule has 1 N–H and O–H groups in total. The van der Waals surface area contributed by atoms with Gasteiger partial charge in [-0.3, -0.25) is 0 Å². The van der Waals surface area contributed by atoms with Gasteiger partial charge in [0.05, 0.1) is 11.6 Å². The highest BCUT2D eigenvalue weighted by Gasteiger charge is 2.12. The molecule has 6 heteroatoms. The van der Waals surface area contributed by atoms with Crippen LogP contribution in [0, 0.1) is 5.82 Å². The molecule has 0 bridgehead atoms. The van der Waals surface area contributed by atoms with Crippen LogP contribution in [0.1, 0.15) is 16.7 Å². The minimum Gasteiger partial charge on any atom is -0.493 e. The van der Waals surface area contributed by atoms with Crippen molar-refractivity contribution in [2.45, 2.75) is 19.7 Å². The van der Waals surface area contributed by atoms with Crippen molar-refractivity contribution in [1.29, 1.82) is 0 Å². The fraction of sp³-hybridized carbons (Fsp3) is 0.182. The zero-order valence-corrected chi connectivity index (χ0v) is 17.9. The molecule has 0 unspecified atom stereocenters. The second-order valence-electron chi connectivity index (χ2n) is 6.11. The lowest BCUT2D eigenvalue weighted by atomic mass is 10.2. The van der Waals surface area contributed by atoms with E-state index in [1.165, 1.54) is 17.7 Å². The van der Waals surface area contributed by atoms with Crippen LogP contribution in [0.3, 0.4) is 0 Å². The monoisotopic (exact) mass is 465 g/mol. The normalized spacial score (nSPS) is 10.2. The van der Waals surface area contributed by atoms with Gasteiger partial charge in [-0.1, -0.05) is 42.5 Å². The van der Waals surface area contributed by atoms with Gasteiger partial charge in [-0.15, -0.1) is 12.4 Å². The van der Waals surface area contributed by atoms with Gasteiger partial charge in [0.1, 0.15) is 12.4 Å². The Morgan fingerprint density at radius 3 is 2.25 bits per heavy atom. The van der Waals surface area contributed by atoms with Crippen molar-refractivity contribution in [3.8, 4) is 11.5 Å². The van der Waals surface area contributed by atoms with Gasteiger partial charge in [-0.05, 0) is 56.9 Å². The molecule has 0 atom stereocenters. The van der Waals surface area contributed by atoms with Gasteiger partial charge in [0.25, 0.3) is 0 Å². The molecule has 3 rings (SSSR count). The molecule has 0 fully saturated rings. The van der Waals surface area contributed by atoms with E-state index in [-0.39, 0.29) is 18.2 Å². The van der Waals surface area contributed by atoms with E-state index in [2.05, 4.69) is 33.4 Å². The third-order valence-corrected chi connectivity index (χ3v) is 4.68. The standard InChI is InChI=1S/C22H21BrFNO2.ClH/c1-26-21-12-18(14-25-13-16-5-3-2-4-6-16)11-20(23)22(21)27-15-17-7-9-19(24)10-8-17;/h2-12,25H,13-15H2,1H3;1H. The first-order valence-corrected chi connectivity index (χ1v) is 9.43. The van der Waals surface area contributed by atoms with Gasteiger partial charge in [0.2, 0.25) is 0 Å². The fourth-order valence-corrected chi connectivity index (χ4v) is 3.30. The lowest BCUT2D eigenvalue weighted by Crippen LogP contribution is -2.12. The van der Waals surface area contributed by atoms with Crippen molar-refractivity contribution < 1.29 is 13.9 Å². The Bertz CT molecular complexity index is 876. The Morgan fingerprint density at radius 1 is 0.893 bits per heavy atom. The predicted molar refractivity (Wildman–Crippen MR) is 116 cm³/mol. The largest absolute Gasteiger partial charge is 0.493 e. The Labute approximate surface area is 179 Å². The minimum absolute atomic E-state index is 0. The van der Waals surface area contributed by atoms with E-state index >= 15 is 0 Å². The summed E-state index contributed by atoms with van der Waals surface area (Å²) in [4.78, 5) is 0. The number of hydrogen-bond donors (Lipinski definition) is 1. The van der Waals surface area contributed by atoms with E-state index in [4.69, 9.17) is 9.47 Å². The highest BCUT2D eigenvalue weighted by molar-refractivity contribution is 9.10. The molecule has 0 aliphatic rings. The number of ether oxygens (including phenoxy) is 2. The van der Waals surface area contributed by atoms with E-state index in [0.717, 1.165) is 22.1 Å². The molecule has 0 saturated heterocycles. The Balaban J connectivity index is 0.00000280. The van der Waals surface area contributed by atoms with Crippen molar-refractivity contribution in [2.75, 3.05) is 7.11 Å². The summed E-state index contributed by atoms with van der Waals surface area (Å²) in [6.45, 7) is 1.84. The van der Waals surface area contributed by atoms with Crippen LogP contribution in [-0.4, -0.2) is 7.11 Å². The second kappa shape index (κ2) is 11.1. The summed E-state index contributed by atoms with van der Waals surface area (Å²) in [5, 5.41) is 3.43. The number of rotatable bonds is 8. The summed E-state index contributed by atoms with van der Waals surface area (Å²) in [6.07, 6.45) is 0. The van der Waals surface area contributed by atoms with Crippen LogP contribution in [0.25, 0.3) is 0 Å². The molecule has 148 valence electrons. The van der Waals surface area contributed by atoms with Gasteiger partial charge in [0.15, 0.2) is 11.5 Å². The van der Waals surface area contributed by atoms with Crippen molar-refractivity contribution >= 4 is 28.3 Å². The molecular weight excluding hydrogens is 445 g/mol. The smallest absolute Gasteiger partial charge is 0.175 e. The number of methoxy groups -OCH3 is 1. The molecule has 3 aromatic carbocycles. The maximum Gasteiger partial charge on any atom is 0.175 e. The van der Waals surface area contributed by atoms with Crippen LogP contribution in [0.4, 0.5) is 4.39 Å². The molecule has 0 aliphatic carbocycles. The lowest BCUT2D eigenvalue weighted by molar-refractivity contribution is 0.282. The molecule has 0 amide bonds. The molecule has 0 aromatic heterocycles. The fourth-order valence-electron chi connectivity index (χ4n) is 2.70. The maximum atomic E-state index is 13.0. The average molecular weight is 467 g/mol. The van der Waals surface area contributed by atoms with E-state index < -0.39 is 0 Å². The summed E-state index contributed by atoms with van der Waals surface area (Å²) >= 11 is 3.57. The zero-order valence-electron chi connectivity index (χ0n) is 15.5. The molecular formula is C22H22BrClFNO2. The Hall–Kier alpha value is -2.08. The summed E-state index contributed by atoms with van der Waals surface area (Å²) < 4.78 is 25.2. The molecule has 3 aromatic rings. The van der Waals surface area contributed by atoms with Gasteiger partial charge < -0.3 is 14.8 Å². The van der Waals surface area contributed by atoms with E-state index in [9.17, 15) is 4.39 Å². The topological polar surface area (TPSA) is 30.5 Å². The third kappa shape index (κ3) is 6.23. The third-order valence-electron chi connectivity index (χ3n) is 4.09. The zero-order chi connectivity index (χ0) is 19.1. The molecule has 0 saturated carbocycles. The SMILES string of the molecule is COc1cc(CNCc2ccccc2)cc(Br)c1OCc1ccc(F)cc1.Cl. The Kier molecular flexibility index (Phi) is 8.77. The van der Waals surface area contributed by atoms with Gasteiger partial charge in [-0.2, -0.15) is 0 Å². The molecule has 0 aliphatic heterocycles. The quantitative estimate of drug-likeness (QED) is 0.449. The number of hydrogen-bond acceptors (Lipinski definition) is 3. The summed E-state index contributed by atoms with van der Waals surface area (Å²) in [6, 6.07) is 20.5. The lowest BCUT2D eigenvalue weighted by Gasteiger charge is -2.15. The van der Waals surface area contributed by atoms with Crippen LogP contribution >= 0.6 is 28.3 Å². The van der Waals surface area contributed by atoms with E-state index in [1.54, 1.807) is 19.2 Å². The molecule has 28 heavy (non-hydrogen) atoms. The van der Waals surface area contributed by atoms with Crippen LogP contribution in [-0.2, 0) is 19.7 Å². The first kappa shape index (κ1) is 22.2. The predicted octanol–water partition coefficient (Wildman–Crippen LogP) is 5.89. The Morgan fingerprint density at radius 2 is 1.57 bits per heavy atom. The molecule has 0 heterocycles. The van der Waals surface area contributed by atoms with Crippen molar-refractivity contribution in [3.05, 3.63) is 93.7 Å². The highest BCUT2D eigenvalue weighted by atomic mass is 79.9. The average Bonchev–Trinajstić information content (AvgIpc) is 2.69. The van der Waals surface area contributed by atoms with Crippen LogP contribution in [0.15, 0.2) is 71.2 Å². The number of halogens is 3. The molecule has 3 nitrogen and oxygen atoms in total. The van der Waals surface area contributed by atoms with E-state index in [0.29, 0.717) is 24.7 Å². The first-order valence-electron chi connectivity index (χ1n) is 8.64. The summed E-state index contributed by atoms with van der Waals surface area (Å²) in [7, 11) is 1.62. The number of nitrogens with one attached hydrogen (secondary N) is 1. The van der Waals surface area contributed by atoms with Crippen LogP contribution in [0.5, 0.6) is 11.5 Å². The molecule has 0 spiro atoms. The van der Waals surface area contributed by atoms with Crippen molar-refractivity contribution in [1.82, 2.24) is 5.32 Å². The number of benzene rings is 3. The van der Waals surface area contributed by atoms with Gasteiger partial charge in [-0.25, -0.2) is 4.39 Å². The van der Waals surface area contributed by atoms with Crippen molar-refractivity contribution in [3.63, 3.8) is 0 Å². The minimum atomic E-state index is -0.259. The van der Waals surface area contributed by atoms with Crippen LogP contribution < -0.4 is 14.8 Å². The van der Waals surface area contributed by atoms with Gasteiger partial charge in [0, 0.05) is 13.1 Å². The van der Waals surface area contributed by atoms with Crippen LogP contribution in [0.2, 0.25) is 0 Å². The molecule has 0 radical (unpaired) electrons. The first-order chi connectivity index (χ1) is 13.2. The summed E-state index contributed by atoms with van der Waals surface area (Å²) in [5.74, 6) is 1.03. The maximum absolute atomic E-state index is 13.0.